The molecule has 5 heteroatoms. The van der Waals surface area contributed by atoms with Crippen LogP contribution in [0.15, 0.2) is 18.2 Å². The van der Waals surface area contributed by atoms with Crippen molar-refractivity contribution in [2.75, 3.05) is 11.9 Å². The molecule has 1 atom stereocenters. The van der Waals surface area contributed by atoms with E-state index in [0.717, 1.165) is 6.42 Å². The Bertz CT molecular complexity index is 396. The molecule has 0 saturated heterocycles. The van der Waals surface area contributed by atoms with Gasteiger partial charge in [0, 0.05) is 11.1 Å². The number of rotatable bonds is 5. The number of halogens is 2. The molecule has 0 radical (unpaired) electrons. The Morgan fingerprint density at radius 3 is 2.71 bits per heavy atom. The molecule has 1 aromatic carbocycles. The summed E-state index contributed by atoms with van der Waals surface area (Å²) in [5.74, 6) is -0.0506. The van der Waals surface area contributed by atoms with E-state index >= 15 is 0 Å². The summed E-state index contributed by atoms with van der Waals surface area (Å²) in [5, 5.41) is 6.91. The SMILES string of the molecule is CCC(C)NC(=O)CNc1ccc(Cl)cc1Cl. The van der Waals surface area contributed by atoms with Crippen LogP contribution >= 0.6 is 23.2 Å². The molecule has 0 aliphatic carbocycles. The van der Waals surface area contributed by atoms with Crippen molar-refractivity contribution in [3.8, 4) is 0 Å². The van der Waals surface area contributed by atoms with E-state index in [1.54, 1.807) is 18.2 Å². The van der Waals surface area contributed by atoms with Gasteiger partial charge in [0.25, 0.3) is 0 Å². The number of hydrogen-bond donors (Lipinski definition) is 2. The fourth-order valence-electron chi connectivity index (χ4n) is 1.24. The van der Waals surface area contributed by atoms with Crippen LogP contribution in [0.4, 0.5) is 5.69 Å². The predicted octanol–water partition coefficient (Wildman–Crippen LogP) is 3.32. The standard InChI is InChI=1S/C12H16Cl2N2O/c1-3-8(2)16-12(17)7-15-11-5-4-9(13)6-10(11)14/h4-6,8,15H,3,7H2,1-2H3,(H,16,17). The van der Waals surface area contributed by atoms with Gasteiger partial charge in [0.2, 0.25) is 5.91 Å². The molecular weight excluding hydrogens is 259 g/mol. The van der Waals surface area contributed by atoms with E-state index in [-0.39, 0.29) is 18.5 Å². The summed E-state index contributed by atoms with van der Waals surface area (Å²) in [7, 11) is 0. The maximum atomic E-state index is 11.5. The van der Waals surface area contributed by atoms with Gasteiger partial charge >= 0.3 is 0 Å². The van der Waals surface area contributed by atoms with Gasteiger partial charge in [-0.25, -0.2) is 0 Å². The van der Waals surface area contributed by atoms with Crippen LogP contribution < -0.4 is 10.6 Å². The minimum absolute atomic E-state index is 0.0506. The zero-order valence-electron chi connectivity index (χ0n) is 9.89. The molecule has 0 aliphatic rings. The third-order valence-corrected chi connectivity index (χ3v) is 2.94. The lowest BCUT2D eigenvalue weighted by molar-refractivity contribution is -0.120. The van der Waals surface area contributed by atoms with Gasteiger partial charge in [-0.15, -0.1) is 0 Å². The van der Waals surface area contributed by atoms with E-state index in [9.17, 15) is 4.79 Å². The van der Waals surface area contributed by atoms with Crippen LogP contribution in [-0.2, 0) is 4.79 Å². The van der Waals surface area contributed by atoms with E-state index < -0.39 is 0 Å². The molecule has 0 aliphatic heterocycles. The van der Waals surface area contributed by atoms with Crippen LogP contribution in [0, 0.1) is 0 Å². The Kier molecular flexibility index (Phi) is 5.59. The molecule has 1 rings (SSSR count). The third-order valence-electron chi connectivity index (χ3n) is 2.39. The number of carbonyl (C=O) groups is 1. The second kappa shape index (κ2) is 6.72. The third kappa shape index (κ3) is 4.84. The van der Waals surface area contributed by atoms with Crippen molar-refractivity contribution in [1.29, 1.82) is 0 Å². The number of anilines is 1. The molecule has 1 amide bonds. The van der Waals surface area contributed by atoms with E-state index in [0.29, 0.717) is 15.7 Å². The van der Waals surface area contributed by atoms with Gasteiger partial charge in [-0.05, 0) is 31.5 Å². The Labute approximate surface area is 111 Å². The molecule has 94 valence electrons. The lowest BCUT2D eigenvalue weighted by atomic mass is 10.2. The Balaban J connectivity index is 2.47. The molecule has 3 nitrogen and oxygen atoms in total. The van der Waals surface area contributed by atoms with Gasteiger partial charge < -0.3 is 10.6 Å². The largest absolute Gasteiger partial charge is 0.375 e. The van der Waals surface area contributed by atoms with Gasteiger partial charge in [-0.1, -0.05) is 30.1 Å². The smallest absolute Gasteiger partial charge is 0.239 e. The lowest BCUT2D eigenvalue weighted by Crippen LogP contribution is -2.36. The number of amides is 1. The van der Waals surface area contributed by atoms with Crippen molar-refractivity contribution >= 4 is 34.8 Å². The van der Waals surface area contributed by atoms with Gasteiger partial charge in [-0.2, -0.15) is 0 Å². The summed E-state index contributed by atoms with van der Waals surface area (Å²) >= 11 is 11.7. The molecule has 0 saturated carbocycles. The van der Waals surface area contributed by atoms with E-state index in [2.05, 4.69) is 10.6 Å². The van der Waals surface area contributed by atoms with E-state index in [4.69, 9.17) is 23.2 Å². The minimum atomic E-state index is -0.0506. The molecule has 17 heavy (non-hydrogen) atoms. The topological polar surface area (TPSA) is 41.1 Å². The Morgan fingerprint density at radius 1 is 1.41 bits per heavy atom. The fourth-order valence-corrected chi connectivity index (χ4v) is 1.71. The van der Waals surface area contributed by atoms with Crippen molar-refractivity contribution in [3.63, 3.8) is 0 Å². The molecule has 0 fully saturated rings. The zero-order valence-corrected chi connectivity index (χ0v) is 11.4. The van der Waals surface area contributed by atoms with Crippen molar-refractivity contribution in [1.82, 2.24) is 5.32 Å². The van der Waals surface area contributed by atoms with Gasteiger partial charge in [0.15, 0.2) is 0 Å². The Hall–Kier alpha value is -0.930. The average Bonchev–Trinajstić information content (AvgIpc) is 2.27. The lowest BCUT2D eigenvalue weighted by Gasteiger charge is -2.13. The first-order chi connectivity index (χ1) is 8.02. The molecule has 1 aromatic rings. The number of benzene rings is 1. The summed E-state index contributed by atoms with van der Waals surface area (Å²) < 4.78 is 0. The second-order valence-electron chi connectivity index (χ2n) is 3.85. The highest BCUT2D eigenvalue weighted by atomic mass is 35.5. The van der Waals surface area contributed by atoms with Crippen molar-refractivity contribution in [3.05, 3.63) is 28.2 Å². The van der Waals surface area contributed by atoms with Gasteiger partial charge in [-0.3, -0.25) is 4.79 Å². The highest BCUT2D eigenvalue weighted by molar-refractivity contribution is 6.36. The first-order valence-corrected chi connectivity index (χ1v) is 6.26. The van der Waals surface area contributed by atoms with Crippen LogP contribution in [0.5, 0.6) is 0 Å². The average molecular weight is 275 g/mol. The summed E-state index contributed by atoms with van der Waals surface area (Å²) in [6.07, 6.45) is 0.910. The summed E-state index contributed by atoms with van der Waals surface area (Å²) in [4.78, 5) is 11.5. The fraction of sp³-hybridized carbons (Fsp3) is 0.417. The number of hydrogen-bond acceptors (Lipinski definition) is 2. The molecule has 0 bridgehead atoms. The molecular formula is C12H16Cl2N2O. The second-order valence-corrected chi connectivity index (χ2v) is 4.70. The quantitative estimate of drug-likeness (QED) is 0.865. The highest BCUT2D eigenvalue weighted by Crippen LogP contribution is 2.24. The van der Waals surface area contributed by atoms with E-state index in [1.165, 1.54) is 0 Å². The molecule has 0 aromatic heterocycles. The summed E-state index contributed by atoms with van der Waals surface area (Å²) in [5.41, 5.74) is 0.704. The molecule has 2 N–H and O–H groups in total. The van der Waals surface area contributed by atoms with Gasteiger partial charge in [0.1, 0.15) is 0 Å². The molecule has 0 spiro atoms. The van der Waals surface area contributed by atoms with Crippen molar-refractivity contribution < 1.29 is 4.79 Å². The van der Waals surface area contributed by atoms with Crippen LogP contribution in [-0.4, -0.2) is 18.5 Å². The zero-order chi connectivity index (χ0) is 12.8. The maximum absolute atomic E-state index is 11.5. The molecule has 0 heterocycles. The number of nitrogens with one attached hydrogen (secondary N) is 2. The van der Waals surface area contributed by atoms with Crippen LogP contribution in [0.3, 0.4) is 0 Å². The first kappa shape index (κ1) is 14.1. The van der Waals surface area contributed by atoms with Crippen LogP contribution in [0.2, 0.25) is 10.0 Å². The summed E-state index contributed by atoms with van der Waals surface area (Å²) in [6, 6.07) is 5.30. The minimum Gasteiger partial charge on any atom is -0.375 e. The highest BCUT2D eigenvalue weighted by Gasteiger charge is 2.06. The number of carbonyl (C=O) groups excluding carboxylic acids is 1. The van der Waals surface area contributed by atoms with Crippen LogP contribution in [0.25, 0.3) is 0 Å². The van der Waals surface area contributed by atoms with Crippen molar-refractivity contribution in [2.45, 2.75) is 26.3 Å². The monoisotopic (exact) mass is 274 g/mol. The normalized spacial score (nSPS) is 12.0. The van der Waals surface area contributed by atoms with E-state index in [1.807, 2.05) is 13.8 Å². The summed E-state index contributed by atoms with van der Waals surface area (Å²) in [6.45, 7) is 4.19. The predicted molar refractivity (Wildman–Crippen MR) is 72.8 cm³/mol. The maximum Gasteiger partial charge on any atom is 0.239 e. The van der Waals surface area contributed by atoms with Gasteiger partial charge in [0.05, 0.1) is 17.3 Å². The van der Waals surface area contributed by atoms with Crippen molar-refractivity contribution in [2.24, 2.45) is 0 Å². The molecule has 1 unspecified atom stereocenters. The Morgan fingerprint density at radius 2 is 2.12 bits per heavy atom. The first-order valence-electron chi connectivity index (χ1n) is 5.51. The van der Waals surface area contributed by atoms with Crippen LogP contribution in [0.1, 0.15) is 20.3 Å².